The molecule has 1 atom stereocenters. The molecular formula is C26H24N2. The minimum absolute atomic E-state index is 0.308. The summed E-state index contributed by atoms with van der Waals surface area (Å²) in [6.07, 6.45) is 2.00. The number of rotatable bonds is 3. The Labute approximate surface area is 166 Å². The summed E-state index contributed by atoms with van der Waals surface area (Å²) in [5.41, 5.74) is 7.70. The fourth-order valence-corrected chi connectivity index (χ4v) is 4.40. The van der Waals surface area contributed by atoms with Crippen LogP contribution in [0.4, 0.5) is 5.69 Å². The Hall–Kier alpha value is -3.13. The van der Waals surface area contributed by atoms with E-state index in [1.807, 2.05) is 0 Å². The van der Waals surface area contributed by atoms with E-state index in [9.17, 15) is 0 Å². The predicted molar refractivity (Wildman–Crippen MR) is 117 cm³/mol. The number of benzene rings is 3. The minimum Gasteiger partial charge on any atom is -0.364 e. The highest BCUT2D eigenvalue weighted by Gasteiger charge is 2.27. The maximum absolute atomic E-state index is 4.98. The molecule has 0 aliphatic carbocycles. The maximum Gasteiger partial charge on any atom is 0.0705 e. The summed E-state index contributed by atoms with van der Waals surface area (Å²) in [7, 11) is 0. The Balaban J connectivity index is 1.55. The molecule has 2 heterocycles. The van der Waals surface area contributed by atoms with Gasteiger partial charge in [-0.15, -0.1) is 0 Å². The third kappa shape index (κ3) is 3.16. The lowest BCUT2D eigenvalue weighted by molar-refractivity contribution is 0.574. The topological polar surface area (TPSA) is 16.1 Å². The lowest BCUT2D eigenvalue weighted by Gasteiger charge is -2.39. The Bertz CT molecular complexity index is 1120. The average molecular weight is 364 g/mol. The van der Waals surface area contributed by atoms with Gasteiger partial charge in [0.2, 0.25) is 0 Å². The second-order valence-corrected chi connectivity index (χ2v) is 7.70. The fraction of sp³-hybridized carbons (Fsp3) is 0.192. The zero-order valence-electron chi connectivity index (χ0n) is 16.2. The maximum atomic E-state index is 4.98. The van der Waals surface area contributed by atoms with Crippen molar-refractivity contribution in [1.82, 2.24) is 4.98 Å². The smallest absolute Gasteiger partial charge is 0.0705 e. The number of aryl methyl sites for hydroxylation is 1. The molecule has 1 aliphatic heterocycles. The number of anilines is 1. The van der Waals surface area contributed by atoms with Gasteiger partial charge >= 0.3 is 0 Å². The van der Waals surface area contributed by atoms with Crippen molar-refractivity contribution in [2.24, 2.45) is 0 Å². The van der Waals surface area contributed by atoms with Crippen LogP contribution in [0.15, 0.2) is 84.9 Å². The quantitative estimate of drug-likeness (QED) is 0.450. The predicted octanol–water partition coefficient (Wildman–Crippen LogP) is 5.89. The average Bonchev–Trinajstić information content (AvgIpc) is 2.75. The summed E-state index contributed by atoms with van der Waals surface area (Å²) in [6, 6.07) is 30.9. The van der Waals surface area contributed by atoms with Crippen LogP contribution in [0.3, 0.4) is 0 Å². The third-order valence-corrected chi connectivity index (χ3v) is 5.81. The number of para-hydroxylation sites is 1. The number of hydrogen-bond donors (Lipinski definition) is 0. The van der Waals surface area contributed by atoms with Crippen LogP contribution in [-0.4, -0.2) is 11.5 Å². The molecule has 1 unspecified atom stereocenters. The summed E-state index contributed by atoms with van der Waals surface area (Å²) in [5.74, 6) is 0. The van der Waals surface area contributed by atoms with E-state index in [-0.39, 0.29) is 0 Å². The van der Waals surface area contributed by atoms with Gasteiger partial charge < -0.3 is 4.90 Å². The van der Waals surface area contributed by atoms with E-state index in [4.69, 9.17) is 4.98 Å². The van der Waals surface area contributed by atoms with Crippen LogP contribution in [0.5, 0.6) is 0 Å². The summed E-state index contributed by atoms with van der Waals surface area (Å²) in [4.78, 5) is 7.53. The zero-order valence-corrected chi connectivity index (χ0v) is 16.2. The largest absolute Gasteiger partial charge is 0.364 e. The summed E-state index contributed by atoms with van der Waals surface area (Å²) in [5, 5.41) is 1.22. The van der Waals surface area contributed by atoms with Crippen LogP contribution in [-0.2, 0) is 12.8 Å². The summed E-state index contributed by atoms with van der Waals surface area (Å²) >= 11 is 0. The van der Waals surface area contributed by atoms with Crippen LogP contribution in [0.2, 0.25) is 0 Å². The van der Waals surface area contributed by atoms with E-state index >= 15 is 0 Å². The van der Waals surface area contributed by atoms with Crippen molar-refractivity contribution in [2.45, 2.75) is 25.8 Å². The molecule has 28 heavy (non-hydrogen) atoms. The molecule has 0 amide bonds. The van der Waals surface area contributed by atoms with Crippen molar-refractivity contribution in [3.8, 4) is 0 Å². The number of fused-ring (bicyclic) bond motifs is 2. The SMILES string of the molecule is Cc1ccc2nc(CC3c4ccccc4CCN3c3ccccc3)ccc2c1. The highest BCUT2D eigenvalue weighted by molar-refractivity contribution is 5.79. The Morgan fingerprint density at radius 2 is 1.71 bits per heavy atom. The molecular weight excluding hydrogens is 340 g/mol. The number of hydrogen-bond acceptors (Lipinski definition) is 2. The summed E-state index contributed by atoms with van der Waals surface area (Å²) in [6.45, 7) is 3.17. The molecule has 0 spiro atoms. The van der Waals surface area contributed by atoms with Crippen molar-refractivity contribution in [3.05, 3.63) is 107 Å². The van der Waals surface area contributed by atoms with E-state index < -0.39 is 0 Å². The molecule has 3 aromatic carbocycles. The second kappa shape index (κ2) is 7.12. The molecule has 4 aromatic rings. The van der Waals surface area contributed by atoms with Gasteiger partial charge in [0, 0.05) is 29.7 Å². The molecule has 0 radical (unpaired) electrons. The van der Waals surface area contributed by atoms with Gasteiger partial charge in [0.05, 0.1) is 11.6 Å². The van der Waals surface area contributed by atoms with Gasteiger partial charge in [-0.1, -0.05) is 60.2 Å². The molecule has 0 fully saturated rings. The van der Waals surface area contributed by atoms with Gasteiger partial charge in [0.15, 0.2) is 0 Å². The molecule has 1 aromatic heterocycles. The van der Waals surface area contributed by atoms with Gasteiger partial charge in [-0.3, -0.25) is 4.98 Å². The molecule has 0 saturated heterocycles. The molecule has 0 bridgehead atoms. The Kier molecular flexibility index (Phi) is 4.32. The van der Waals surface area contributed by atoms with E-state index in [0.717, 1.165) is 30.6 Å². The number of aromatic nitrogens is 1. The molecule has 0 saturated carbocycles. The highest BCUT2D eigenvalue weighted by atomic mass is 15.2. The first-order chi connectivity index (χ1) is 13.8. The number of pyridine rings is 1. The molecule has 5 rings (SSSR count). The normalized spacial score (nSPS) is 16.2. The molecule has 1 aliphatic rings. The van der Waals surface area contributed by atoms with E-state index in [1.165, 1.54) is 27.8 Å². The molecule has 2 nitrogen and oxygen atoms in total. The van der Waals surface area contributed by atoms with Crippen molar-refractivity contribution >= 4 is 16.6 Å². The molecule has 0 N–H and O–H groups in total. The van der Waals surface area contributed by atoms with Crippen molar-refractivity contribution in [3.63, 3.8) is 0 Å². The first-order valence-corrected chi connectivity index (χ1v) is 10.0. The van der Waals surface area contributed by atoms with Gasteiger partial charge in [-0.05, 0) is 54.8 Å². The van der Waals surface area contributed by atoms with Gasteiger partial charge in [0.1, 0.15) is 0 Å². The van der Waals surface area contributed by atoms with Gasteiger partial charge in [0.25, 0.3) is 0 Å². The fourth-order valence-electron chi connectivity index (χ4n) is 4.40. The van der Waals surface area contributed by atoms with E-state index in [0.29, 0.717) is 6.04 Å². The van der Waals surface area contributed by atoms with Gasteiger partial charge in [-0.2, -0.15) is 0 Å². The van der Waals surface area contributed by atoms with Crippen LogP contribution in [0.1, 0.15) is 28.4 Å². The molecule has 138 valence electrons. The lowest BCUT2D eigenvalue weighted by atomic mass is 9.89. The van der Waals surface area contributed by atoms with E-state index in [1.54, 1.807) is 0 Å². The van der Waals surface area contributed by atoms with Crippen LogP contribution in [0.25, 0.3) is 10.9 Å². The standard InChI is InChI=1S/C26H24N2/c1-19-11-14-25-21(17-19)12-13-22(27-25)18-26-24-10-6-5-7-20(24)15-16-28(26)23-8-3-2-4-9-23/h2-14,17,26H,15-16,18H2,1H3. The van der Waals surface area contributed by atoms with Crippen molar-refractivity contribution in [2.75, 3.05) is 11.4 Å². The van der Waals surface area contributed by atoms with Crippen LogP contribution >= 0.6 is 0 Å². The first kappa shape index (κ1) is 17.0. The number of nitrogens with zero attached hydrogens (tertiary/aromatic N) is 2. The van der Waals surface area contributed by atoms with Gasteiger partial charge in [-0.25, -0.2) is 0 Å². The van der Waals surface area contributed by atoms with E-state index in [2.05, 4.69) is 96.8 Å². The highest BCUT2D eigenvalue weighted by Crippen LogP contribution is 2.35. The first-order valence-electron chi connectivity index (χ1n) is 10.0. The molecule has 2 heteroatoms. The van der Waals surface area contributed by atoms with Crippen molar-refractivity contribution in [1.29, 1.82) is 0 Å². The summed E-state index contributed by atoms with van der Waals surface area (Å²) < 4.78 is 0. The Morgan fingerprint density at radius 1 is 0.893 bits per heavy atom. The zero-order chi connectivity index (χ0) is 18.9. The van der Waals surface area contributed by atoms with Crippen LogP contribution < -0.4 is 4.90 Å². The van der Waals surface area contributed by atoms with Crippen LogP contribution in [0, 0.1) is 6.92 Å². The monoisotopic (exact) mass is 364 g/mol. The van der Waals surface area contributed by atoms with Crippen molar-refractivity contribution < 1.29 is 0 Å². The Morgan fingerprint density at radius 3 is 2.61 bits per heavy atom. The lowest BCUT2D eigenvalue weighted by Crippen LogP contribution is -2.36. The second-order valence-electron chi connectivity index (χ2n) is 7.70. The minimum atomic E-state index is 0.308. The third-order valence-electron chi connectivity index (χ3n) is 5.81.